The Morgan fingerprint density at radius 2 is 1.65 bits per heavy atom. The van der Waals surface area contributed by atoms with E-state index in [-0.39, 0.29) is 30.0 Å². The minimum absolute atomic E-state index is 0.0533. The maximum atomic E-state index is 12.2. The molecule has 0 fully saturated rings. The maximum absolute atomic E-state index is 12.2. The molecule has 0 aliphatic carbocycles. The second-order valence-electron chi connectivity index (χ2n) is 6.70. The lowest BCUT2D eigenvalue weighted by Crippen LogP contribution is -2.34. The Bertz CT molecular complexity index is 835. The number of anilines is 1. The van der Waals surface area contributed by atoms with Gasteiger partial charge in [0.15, 0.2) is 0 Å². The van der Waals surface area contributed by atoms with Crippen molar-refractivity contribution in [2.45, 2.75) is 25.7 Å². The monoisotopic (exact) mass is 394 g/mol. The van der Waals surface area contributed by atoms with E-state index >= 15 is 0 Å². The molecule has 0 radical (unpaired) electrons. The molecule has 0 saturated carbocycles. The second-order valence-corrected chi connectivity index (χ2v) is 8.98. The first-order valence-corrected chi connectivity index (χ1v) is 10.3. The average molecular weight is 395 g/mol. The summed E-state index contributed by atoms with van der Waals surface area (Å²) in [6.45, 7) is 3.98. The third-order valence-corrected chi connectivity index (χ3v) is 5.51. The van der Waals surface area contributed by atoms with Crippen LogP contribution in [-0.4, -0.2) is 26.6 Å². The third-order valence-electron chi connectivity index (χ3n) is 3.97. The number of hydrogen-bond donors (Lipinski definition) is 2. The number of benzene rings is 2. The van der Waals surface area contributed by atoms with Crippen LogP contribution in [0.5, 0.6) is 0 Å². The highest BCUT2D eigenvalue weighted by Crippen LogP contribution is 2.27. The molecule has 0 spiro atoms. The van der Waals surface area contributed by atoms with Crippen LogP contribution < -0.4 is 10.0 Å². The fraction of sp³-hybridized carbons (Fsp3) is 0.316. The predicted molar refractivity (Wildman–Crippen MR) is 106 cm³/mol. The van der Waals surface area contributed by atoms with Gasteiger partial charge in [-0.2, -0.15) is 0 Å². The van der Waals surface area contributed by atoms with Gasteiger partial charge in [0.1, 0.15) is 0 Å². The van der Waals surface area contributed by atoms with Crippen LogP contribution in [0, 0.1) is 0 Å². The normalized spacial score (nSPS) is 11.8. The standard InChI is InChI=1S/C19H23ClN2O3S/c1-19(2,15-8-10-16(20)11-9-15)14-18(23)21-12-13-26(24,25)22-17-6-4-3-5-7-17/h3-11,22H,12-14H2,1-2H3,(H,21,23). The lowest BCUT2D eigenvalue weighted by atomic mass is 9.81. The zero-order chi connectivity index (χ0) is 19.2. The Hall–Kier alpha value is -2.05. The van der Waals surface area contributed by atoms with Gasteiger partial charge in [-0.05, 0) is 35.2 Å². The summed E-state index contributed by atoms with van der Waals surface area (Å²) in [6, 6.07) is 16.0. The van der Waals surface area contributed by atoms with E-state index in [0.29, 0.717) is 10.7 Å². The summed E-state index contributed by atoms with van der Waals surface area (Å²) in [6.07, 6.45) is 0.251. The van der Waals surface area contributed by atoms with Gasteiger partial charge < -0.3 is 5.32 Å². The SMILES string of the molecule is CC(C)(CC(=O)NCCS(=O)(=O)Nc1ccccc1)c1ccc(Cl)cc1. The molecule has 0 aliphatic rings. The number of nitrogens with one attached hydrogen (secondary N) is 2. The third kappa shape index (κ3) is 6.35. The van der Waals surface area contributed by atoms with Crippen molar-refractivity contribution in [3.8, 4) is 0 Å². The molecule has 140 valence electrons. The molecule has 2 N–H and O–H groups in total. The molecule has 0 unspecified atom stereocenters. The molecule has 5 nitrogen and oxygen atoms in total. The van der Waals surface area contributed by atoms with Crippen molar-refractivity contribution in [1.82, 2.24) is 5.32 Å². The number of carbonyl (C=O) groups is 1. The van der Waals surface area contributed by atoms with Gasteiger partial charge in [-0.15, -0.1) is 0 Å². The lowest BCUT2D eigenvalue weighted by Gasteiger charge is -2.24. The summed E-state index contributed by atoms with van der Waals surface area (Å²) < 4.78 is 26.6. The molecular formula is C19H23ClN2O3S. The van der Waals surface area contributed by atoms with E-state index in [1.807, 2.05) is 26.0 Å². The van der Waals surface area contributed by atoms with Gasteiger partial charge in [0, 0.05) is 23.7 Å². The average Bonchev–Trinajstić information content (AvgIpc) is 2.55. The largest absolute Gasteiger partial charge is 0.355 e. The smallest absolute Gasteiger partial charge is 0.234 e. The lowest BCUT2D eigenvalue weighted by molar-refractivity contribution is -0.122. The zero-order valence-corrected chi connectivity index (χ0v) is 16.4. The first kappa shape index (κ1) is 20.3. The van der Waals surface area contributed by atoms with E-state index in [4.69, 9.17) is 11.6 Å². The molecule has 0 bridgehead atoms. The molecule has 2 aromatic carbocycles. The Morgan fingerprint density at radius 3 is 2.27 bits per heavy atom. The highest BCUT2D eigenvalue weighted by atomic mass is 35.5. The first-order chi connectivity index (χ1) is 12.2. The van der Waals surface area contributed by atoms with Crippen molar-refractivity contribution in [3.63, 3.8) is 0 Å². The zero-order valence-electron chi connectivity index (χ0n) is 14.8. The minimum Gasteiger partial charge on any atom is -0.355 e. The van der Waals surface area contributed by atoms with E-state index in [2.05, 4.69) is 10.0 Å². The number of rotatable bonds is 8. The van der Waals surface area contributed by atoms with Crippen LogP contribution in [-0.2, 0) is 20.2 Å². The van der Waals surface area contributed by atoms with Crippen molar-refractivity contribution in [2.24, 2.45) is 0 Å². The quantitative estimate of drug-likeness (QED) is 0.718. The number of sulfonamides is 1. The van der Waals surface area contributed by atoms with Crippen molar-refractivity contribution in [2.75, 3.05) is 17.0 Å². The molecule has 2 rings (SSSR count). The number of carbonyl (C=O) groups excluding carboxylic acids is 1. The Balaban J connectivity index is 1.83. The number of para-hydroxylation sites is 1. The van der Waals surface area contributed by atoms with Crippen molar-refractivity contribution < 1.29 is 13.2 Å². The van der Waals surface area contributed by atoms with Crippen LogP contribution in [0.4, 0.5) is 5.69 Å². The van der Waals surface area contributed by atoms with E-state index < -0.39 is 10.0 Å². The van der Waals surface area contributed by atoms with Crippen LogP contribution in [0.2, 0.25) is 5.02 Å². The minimum atomic E-state index is -3.51. The fourth-order valence-electron chi connectivity index (χ4n) is 2.53. The Morgan fingerprint density at radius 1 is 1.04 bits per heavy atom. The van der Waals surface area contributed by atoms with Crippen LogP contribution in [0.1, 0.15) is 25.8 Å². The maximum Gasteiger partial charge on any atom is 0.234 e. The molecule has 2 aromatic rings. The van der Waals surface area contributed by atoms with E-state index in [1.54, 1.807) is 42.5 Å². The predicted octanol–water partition coefficient (Wildman–Crippen LogP) is 3.57. The fourth-order valence-corrected chi connectivity index (χ4v) is 3.62. The van der Waals surface area contributed by atoms with Crippen molar-refractivity contribution in [3.05, 3.63) is 65.2 Å². The molecule has 1 amide bonds. The molecular weight excluding hydrogens is 372 g/mol. The van der Waals surface area contributed by atoms with Crippen LogP contribution >= 0.6 is 11.6 Å². The summed E-state index contributed by atoms with van der Waals surface area (Å²) in [5.41, 5.74) is 1.12. The molecule has 7 heteroatoms. The topological polar surface area (TPSA) is 75.3 Å². The molecule has 0 heterocycles. The van der Waals surface area contributed by atoms with Gasteiger partial charge in [-0.1, -0.05) is 55.8 Å². The Labute approximate surface area is 159 Å². The van der Waals surface area contributed by atoms with Crippen LogP contribution in [0.3, 0.4) is 0 Å². The Kier molecular flexibility index (Phi) is 6.67. The van der Waals surface area contributed by atoms with Crippen LogP contribution in [0.25, 0.3) is 0 Å². The van der Waals surface area contributed by atoms with Gasteiger partial charge in [0.05, 0.1) is 5.75 Å². The highest BCUT2D eigenvalue weighted by molar-refractivity contribution is 7.92. The summed E-state index contributed by atoms with van der Waals surface area (Å²) >= 11 is 5.89. The number of halogens is 1. The summed E-state index contributed by atoms with van der Waals surface area (Å²) in [7, 11) is -3.51. The number of amides is 1. The molecule has 0 aromatic heterocycles. The van der Waals surface area contributed by atoms with Gasteiger partial charge in [0.2, 0.25) is 15.9 Å². The molecule has 0 atom stereocenters. The number of hydrogen-bond acceptors (Lipinski definition) is 3. The van der Waals surface area contributed by atoms with Gasteiger partial charge in [-0.25, -0.2) is 8.42 Å². The summed E-state index contributed by atoms with van der Waals surface area (Å²) in [5.74, 6) is -0.380. The van der Waals surface area contributed by atoms with E-state index in [1.165, 1.54) is 0 Å². The second kappa shape index (κ2) is 8.56. The summed E-state index contributed by atoms with van der Waals surface area (Å²) in [4.78, 5) is 12.2. The highest BCUT2D eigenvalue weighted by Gasteiger charge is 2.24. The van der Waals surface area contributed by atoms with Crippen molar-refractivity contribution >= 4 is 33.2 Å². The van der Waals surface area contributed by atoms with Gasteiger partial charge >= 0.3 is 0 Å². The molecule has 26 heavy (non-hydrogen) atoms. The molecule has 0 saturated heterocycles. The van der Waals surface area contributed by atoms with Crippen LogP contribution in [0.15, 0.2) is 54.6 Å². The summed E-state index contributed by atoms with van der Waals surface area (Å²) in [5, 5.41) is 3.32. The van der Waals surface area contributed by atoms with E-state index in [9.17, 15) is 13.2 Å². The van der Waals surface area contributed by atoms with Crippen molar-refractivity contribution in [1.29, 1.82) is 0 Å². The van der Waals surface area contributed by atoms with E-state index in [0.717, 1.165) is 5.56 Å². The van der Waals surface area contributed by atoms with Gasteiger partial charge in [-0.3, -0.25) is 9.52 Å². The first-order valence-electron chi connectivity index (χ1n) is 8.26. The van der Waals surface area contributed by atoms with Gasteiger partial charge in [0.25, 0.3) is 0 Å². The molecule has 0 aliphatic heterocycles.